The van der Waals surface area contributed by atoms with Gasteiger partial charge in [0.1, 0.15) is 0 Å². The summed E-state index contributed by atoms with van der Waals surface area (Å²) in [5.74, 6) is -46.7. The Morgan fingerprint density at radius 2 is 1.29 bits per heavy atom. The zero-order valence-corrected chi connectivity index (χ0v) is 21.0. The molecule has 0 aromatic heterocycles. The molecule has 0 rings (SSSR count). The minimum Gasteiger partial charge on any atom is -0.481 e. The molecule has 0 aromatic rings. The summed E-state index contributed by atoms with van der Waals surface area (Å²) in [5, 5.41) is 27.2. The van der Waals surface area contributed by atoms with Crippen molar-refractivity contribution < 1.29 is 91.9 Å². The second kappa shape index (κ2) is 14.1. The fraction of sp³-hybridized carbons (Fsp3) is 0.857. The van der Waals surface area contributed by atoms with Crippen LogP contribution in [0.3, 0.4) is 0 Å². The van der Waals surface area contributed by atoms with Gasteiger partial charge in [-0.25, -0.2) is 8.78 Å². The van der Waals surface area contributed by atoms with Crippen LogP contribution in [0, 0.1) is 17.8 Å². The van der Waals surface area contributed by atoms with Crippen LogP contribution in [0.1, 0.15) is 33.1 Å². The maximum atomic E-state index is 13.9. The zero-order chi connectivity index (χ0) is 32.8. The Morgan fingerprint density at radius 3 is 1.71 bits per heavy atom. The lowest BCUT2D eigenvalue weighted by Gasteiger charge is -2.39. The van der Waals surface area contributed by atoms with Crippen LogP contribution in [-0.4, -0.2) is 95.2 Å². The first-order valence-electron chi connectivity index (χ1n) is 11.3. The number of aliphatic carboxylic acids is 2. The van der Waals surface area contributed by atoms with Gasteiger partial charge in [-0.3, -0.25) is 14.4 Å². The number of aliphatic hydroxyl groups excluding tert-OH is 1. The van der Waals surface area contributed by atoms with Gasteiger partial charge < -0.3 is 24.8 Å². The summed E-state index contributed by atoms with van der Waals surface area (Å²) in [7, 11) is 0. The smallest absolute Gasteiger partial charge is 0.384 e. The third kappa shape index (κ3) is 8.51. The molecule has 0 radical (unpaired) electrons. The van der Waals surface area contributed by atoms with Crippen LogP contribution < -0.4 is 0 Å². The van der Waals surface area contributed by atoms with Gasteiger partial charge in [0.05, 0.1) is 23.9 Å². The Hall–Kier alpha value is -2.51. The fourth-order valence-corrected chi connectivity index (χ4v) is 3.18. The second-order valence-electron chi connectivity index (χ2n) is 8.97. The first kappa shape index (κ1) is 38.5. The number of aliphatic hydroxyl groups is 1. The van der Waals surface area contributed by atoms with Crippen LogP contribution in [0.5, 0.6) is 0 Å². The highest BCUT2D eigenvalue weighted by Crippen LogP contribution is 2.58. The van der Waals surface area contributed by atoms with E-state index in [1.165, 1.54) is 0 Å². The van der Waals surface area contributed by atoms with Crippen molar-refractivity contribution in [2.45, 2.75) is 75.3 Å². The van der Waals surface area contributed by atoms with Crippen molar-refractivity contribution in [1.29, 1.82) is 0 Å². The lowest BCUT2D eigenvalue weighted by Crippen LogP contribution is -2.69. The number of esters is 1. The minimum atomic E-state index is -7.79. The monoisotopic (exact) mass is 634 g/mol. The third-order valence-electron chi connectivity index (χ3n) is 5.84. The molecule has 0 saturated heterocycles. The van der Waals surface area contributed by atoms with Gasteiger partial charge in [0.25, 0.3) is 0 Å². The summed E-state index contributed by atoms with van der Waals surface area (Å²) in [6, 6.07) is 0. The van der Waals surface area contributed by atoms with E-state index in [2.05, 4.69) is 4.74 Å². The molecule has 0 saturated carbocycles. The number of carbonyl (C=O) groups is 3. The summed E-state index contributed by atoms with van der Waals surface area (Å²) in [4.78, 5) is 34.7. The molecular formula is C21H26F12O8. The van der Waals surface area contributed by atoms with Crippen LogP contribution in [0.15, 0.2) is 0 Å². The van der Waals surface area contributed by atoms with Crippen molar-refractivity contribution in [1.82, 2.24) is 0 Å². The van der Waals surface area contributed by atoms with Crippen LogP contribution in [0.25, 0.3) is 0 Å². The standard InChI is InChI=1S/C21H26F12O8/c1-9(6-11(40-5-3-4-34)7-12(14(37)38)10(2)13(35)36)15(39)41-8-17(24,25)19(28,29)21(32,33)20(30,31)18(26,27)16(22)23/h9-12,16,34H,3-8H2,1-2H3,(H,35,36)(H,37,38). The maximum absolute atomic E-state index is 13.9. The third-order valence-corrected chi connectivity index (χ3v) is 5.84. The zero-order valence-electron chi connectivity index (χ0n) is 21.0. The van der Waals surface area contributed by atoms with E-state index in [0.717, 1.165) is 13.8 Å². The summed E-state index contributed by atoms with van der Waals surface area (Å²) in [6.45, 7) is -2.04. The van der Waals surface area contributed by atoms with E-state index in [1.807, 2.05) is 0 Å². The van der Waals surface area contributed by atoms with Gasteiger partial charge >= 0.3 is 53.9 Å². The van der Waals surface area contributed by atoms with Gasteiger partial charge in [0, 0.05) is 13.2 Å². The van der Waals surface area contributed by atoms with Gasteiger partial charge in [-0.2, -0.15) is 43.9 Å². The molecule has 0 aromatic carbocycles. The molecule has 3 N–H and O–H groups in total. The van der Waals surface area contributed by atoms with Crippen molar-refractivity contribution in [2.24, 2.45) is 17.8 Å². The number of halogens is 12. The van der Waals surface area contributed by atoms with E-state index in [0.29, 0.717) is 0 Å². The topological polar surface area (TPSA) is 130 Å². The van der Waals surface area contributed by atoms with Crippen molar-refractivity contribution >= 4 is 17.9 Å². The van der Waals surface area contributed by atoms with Crippen molar-refractivity contribution in [3.63, 3.8) is 0 Å². The Balaban J connectivity index is 5.79. The van der Waals surface area contributed by atoms with Crippen LogP contribution >= 0.6 is 0 Å². The fourth-order valence-electron chi connectivity index (χ4n) is 3.18. The summed E-state index contributed by atoms with van der Waals surface area (Å²) < 4.78 is 168. The lowest BCUT2D eigenvalue weighted by molar-refractivity contribution is -0.414. The molecule has 0 aliphatic carbocycles. The molecule has 0 aliphatic heterocycles. The molecule has 8 nitrogen and oxygen atoms in total. The first-order chi connectivity index (χ1) is 18.3. The van der Waals surface area contributed by atoms with Crippen LogP contribution in [-0.2, 0) is 23.9 Å². The van der Waals surface area contributed by atoms with Crippen molar-refractivity contribution in [3.05, 3.63) is 0 Å². The van der Waals surface area contributed by atoms with E-state index >= 15 is 0 Å². The molecule has 0 spiro atoms. The highest BCUT2D eigenvalue weighted by atomic mass is 19.4. The van der Waals surface area contributed by atoms with Gasteiger partial charge in [0.2, 0.25) is 0 Å². The molecule has 0 heterocycles. The average Bonchev–Trinajstić information content (AvgIpc) is 2.84. The van der Waals surface area contributed by atoms with Gasteiger partial charge in [-0.1, -0.05) is 13.8 Å². The number of hydrogen-bond acceptors (Lipinski definition) is 6. The number of alkyl halides is 12. The molecule has 4 atom stereocenters. The quantitative estimate of drug-likeness (QED) is 0.107. The molecular weight excluding hydrogens is 608 g/mol. The average molecular weight is 634 g/mol. The molecule has 0 amide bonds. The number of hydrogen-bond donors (Lipinski definition) is 3. The first-order valence-corrected chi connectivity index (χ1v) is 11.3. The van der Waals surface area contributed by atoms with E-state index in [1.54, 1.807) is 0 Å². The number of rotatable bonds is 19. The molecule has 0 fully saturated rings. The molecule has 4 unspecified atom stereocenters. The van der Waals surface area contributed by atoms with E-state index < -0.39 is 104 Å². The van der Waals surface area contributed by atoms with E-state index in [4.69, 9.17) is 14.9 Å². The lowest BCUT2D eigenvalue weighted by atomic mass is 9.86. The number of carboxylic acid groups (broad SMARTS) is 2. The molecule has 41 heavy (non-hydrogen) atoms. The van der Waals surface area contributed by atoms with Gasteiger partial charge in [-0.15, -0.1) is 0 Å². The number of ether oxygens (including phenoxy) is 2. The largest absolute Gasteiger partial charge is 0.481 e. The highest BCUT2D eigenvalue weighted by Gasteiger charge is 2.87. The number of carbonyl (C=O) groups excluding carboxylic acids is 1. The number of carboxylic acids is 2. The summed E-state index contributed by atoms with van der Waals surface area (Å²) in [6.07, 6.45) is -8.45. The van der Waals surface area contributed by atoms with Crippen molar-refractivity contribution in [3.8, 4) is 0 Å². The predicted molar refractivity (Wildman–Crippen MR) is 109 cm³/mol. The van der Waals surface area contributed by atoms with Gasteiger partial charge in [0.15, 0.2) is 6.61 Å². The normalized spacial score (nSPS) is 16.7. The van der Waals surface area contributed by atoms with Crippen LogP contribution in [0.4, 0.5) is 52.7 Å². The van der Waals surface area contributed by atoms with Crippen LogP contribution in [0.2, 0.25) is 0 Å². The predicted octanol–water partition coefficient (Wildman–Crippen LogP) is 4.58. The maximum Gasteiger partial charge on any atom is 0.384 e. The van der Waals surface area contributed by atoms with E-state index in [-0.39, 0.29) is 13.0 Å². The van der Waals surface area contributed by atoms with Crippen molar-refractivity contribution in [2.75, 3.05) is 19.8 Å². The SMILES string of the molecule is CC(CC(CC(C(=O)O)C(C)C(=O)O)OCCCO)C(=O)OCC(F)(F)C(F)(F)C(F)(F)C(F)(F)C(F)(F)C(F)F. The Morgan fingerprint density at radius 1 is 0.780 bits per heavy atom. The molecule has 0 bridgehead atoms. The Labute approximate surface area is 223 Å². The summed E-state index contributed by atoms with van der Waals surface area (Å²) >= 11 is 0. The second-order valence-corrected chi connectivity index (χ2v) is 8.97. The molecule has 0 aliphatic rings. The van der Waals surface area contributed by atoms with Gasteiger partial charge in [-0.05, 0) is 19.3 Å². The highest BCUT2D eigenvalue weighted by molar-refractivity contribution is 5.79. The molecule has 20 heteroatoms. The Bertz CT molecular complexity index is 900. The minimum absolute atomic E-state index is 0.0632. The molecule has 242 valence electrons. The Kier molecular flexibility index (Phi) is 13.2. The van der Waals surface area contributed by atoms with E-state index in [9.17, 15) is 72.2 Å². The summed E-state index contributed by atoms with van der Waals surface area (Å²) in [5.41, 5.74) is 0.